The van der Waals surface area contributed by atoms with Crippen LogP contribution in [0.2, 0.25) is 0 Å². The number of benzene rings is 2. The third kappa shape index (κ3) is 4.16. The summed E-state index contributed by atoms with van der Waals surface area (Å²) in [5.41, 5.74) is 1.32. The minimum absolute atomic E-state index is 0.175. The van der Waals surface area contributed by atoms with Crippen LogP contribution in [-0.4, -0.2) is 46.7 Å². The van der Waals surface area contributed by atoms with Crippen LogP contribution in [0.1, 0.15) is 28.9 Å². The second-order valence-corrected chi connectivity index (χ2v) is 8.02. The Labute approximate surface area is 154 Å². The lowest BCUT2D eigenvalue weighted by Gasteiger charge is -2.26. The number of sulfone groups is 1. The molecule has 140 valence electrons. The fourth-order valence-electron chi connectivity index (χ4n) is 2.57. The van der Waals surface area contributed by atoms with Crippen LogP contribution >= 0.6 is 0 Å². The van der Waals surface area contributed by atoms with Gasteiger partial charge >= 0.3 is 0 Å². The van der Waals surface area contributed by atoms with E-state index in [0.717, 1.165) is 11.8 Å². The molecule has 0 saturated carbocycles. The first-order valence-corrected chi connectivity index (χ1v) is 9.87. The first-order valence-electron chi connectivity index (χ1n) is 7.98. The number of methoxy groups -OCH3 is 2. The van der Waals surface area contributed by atoms with Crippen molar-refractivity contribution in [1.82, 2.24) is 4.90 Å². The normalized spacial score (nSPS) is 12.3. The molecule has 0 aliphatic rings. The first-order chi connectivity index (χ1) is 12.2. The predicted octanol–water partition coefficient (Wildman–Crippen LogP) is 2.94. The molecule has 0 N–H and O–H groups in total. The third-order valence-electron chi connectivity index (χ3n) is 4.32. The van der Waals surface area contributed by atoms with Crippen LogP contribution < -0.4 is 9.47 Å². The summed E-state index contributed by atoms with van der Waals surface area (Å²) in [5, 5.41) is 0. The van der Waals surface area contributed by atoms with E-state index in [1.165, 1.54) is 14.2 Å². The zero-order valence-corrected chi connectivity index (χ0v) is 16.3. The number of hydrogen-bond acceptors (Lipinski definition) is 5. The van der Waals surface area contributed by atoms with Crippen molar-refractivity contribution in [2.45, 2.75) is 17.9 Å². The summed E-state index contributed by atoms with van der Waals surface area (Å²) in [6, 6.07) is 11.3. The number of ether oxygens (including phenoxy) is 2. The summed E-state index contributed by atoms with van der Waals surface area (Å²) in [7, 11) is 1.51. The van der Waals surface area contributed by atoms with E-state index in [0.29, 0.717) is 17.1 Å². The van der Waals surface area contributed by atoms with Crippen LogP contribution in [0.3, 0.4) is 0 Å². The lowest BCUT2D eigenvalue weighted by Crippen LogP contribution is -2.29. The molecule has 2 aromatic rings. The Hall–Kier alpha value is -2.54. The van der Waals surface area contributed by atoms with Gasteiger partial charge < -0.3 is 14.4 Å². The number of carbonyl (C=O) groups excluding carboxylic acids is 1. The van der Waals surface area contributed by atoms with Gasteiger partial charge in [-0.05, 0) is 42.8 Å². The highest BCUT2D eigenvalue weighted by molar-refractivity contribution is 7.90. The second kappa shape index (κ2) is 7.78. The molecule has 0 aliphatic heterocycles. The van der Waals surface area contributed by atoms with Gasteiger partial charge in [0, 0.05) is 18.9 Å². The topological polar surface area (TPSA) is 72.9 Å². The number of rotatable bonds is 6. The van der Waals surface area contributed by atoms with E-state index < -0.39 is 9.84 Å². The highest BCUT2D eigenvalue weighted by Crippen LogP contribution is 2.29. The number of amides is 1. The van der Waals surface area contributed by atoms with Gasteiger partial charge in [0.2, 0.25) is 0 Å². The quantitative estimate of drug-likeness (QED) is 0.774. The van der Waals surface area contributed by atoms with Gasteiger partial charge in [0.1, 0.15) is 0 Å². The molecule has 0 aliphatic carbocycles. The van der Waals surface area contributed by atoms with Gasteiger partial charge in [0.25, 0.3) is 5.91 Å². The van der Waals surface area contributed by atoms with Crippen LogP contribution in [0, 0.1) is 0 Å². The van der Waals surface area contributed by atoms with Crippen molar-refractivity contribution < 1.29 is 22.7 Å². The molecule has 0 spiro atoms. The van der Waals surface area contributed by atoms with Crippen molar-refractivity contribution in [3.8, 4) is 11.5 Å². The van der Waals surface area contributed by atoms with Crippen LogP contribution in [-0.2, 0) is 9.84 Å². The Balaban J connectivity index is 2.24. The van der Waals surface area contributed by atoms with Gasteiger partial charge in [0.05, 0.1) is 25.2 Å². The van der Waals surface area contributed by atoms with Gasteiger partial charge in [-0.1, -0.05) is 12.1 Å². The molecule has 0 aromatic heterocycles. The zero-order valence-electron chi connectivity index (χ0n) is 15.5. The SMILES string of the molecule is COc1ccc(C(=O)N(C)C(C)c2ccc(S(C)(=O)=O)cc2)cc1OC. The summed E-state index contributed by atoms with van der Waals surface area (Å²) < 4.78 is 33.6. The van der Waals surface area contributed by atoms with E-state index in [1.54, 1.807) is 54.4 Å². The molecule has 6 nitrogen and oxygen atoms in total. The molecule has 0 radical (unpaired) electrons. The van der Waals surface area contributed by atoms with Crippen LogP contribution in [0.4, 0.5) is 0 Å². The average molecular weight is 377 g/mol. The van der Waals surface area contributed by atoms with Crippen molar-refractivity contribution >= 4 is 15.7 Å². The molecule has 0 fully saturated rings. The molecule has 2 rings (SSSR count). The molecule has 7 heteroatoms. The van der Waals surface area contributed by atoms with Crippen molar-refractivity contribution in [1.29, 1.82) is 0 Å². The highest BCUT2D eigenvalue weighted by atomic mass is 32.2. The van der Waals surface area contributed by atoms with Crippen molar-refractivity contribution in [2.75, 3.05) is 27.5 Å². The largest absolute Gasteiger partial charge is 0.493 e. The molecular formula is C19H23NO5S. The van der Waals surface area contributed by atoms with E-state index in [9.17, 15) is 13.2 Å². The lowest BCUT2D eigenvalue weighted by molar-refractivity contribution is 0.0742. The van der Waals surface area contributed by atoms with Gasteiger partial charge in [-0.15, -0.1) is 0 Å². The Morgan fingerprint density at radius 2 is 1.58 bits per heavy atom. The second-order valence-electron chi connectivity index (χ2n) is 6.00. The minimum atomic E-state index is -3.25. The average Bonchev–Trinajstić information content (AvgIpc) is 2.65. The Morgan fingerprint density at radius 1 is 1.00 bits per heavy atom. The van der Waals surface area contributed by atoms with Gasteiger partial charge in [-0.3, -0.25) is 4.79 Å². The maximum atomic E-state index is 12.8. The smallest absolute Gasteiger partial charge is 0.254 e. The van der Waals surface area contributed by atoms with Crippen LogP contribution in [0.5, 0.6) is 11.5 Å². The van der Waals surface area contributed by atoms with Crippen molar-refractivity contribution in [3.05, 3.63) is 53.6 Å². The number of hydrogen-bond donors (Lipinski definition) is 0. The number of nitrogens with zero attached hydrogens (tertiary/aromatic N) is 1. The van der Waals surface area contributed by atoms with E-state index >= 15 is 0 Å². The summed E-state index contributed by atoms with van der Waals surface area (Å²) in [6.07, 6.45) is 1.16. The zero-order chi connectivity index (χ0) is 19.5. The predicted molar refractivity (Wildman–Crippen MR) is 99.6 cm³/mol. The standard InChI is InChI=1S/C19H23NO5S/c1-13(14-6-9-16(10-7-14)26(5,22)23)20(2)19(21)15-8-11-17(24-3)18(12-15)25-4/h6-13H,1-5H3. The lowest BCUT2D eigenvalue weighted by atomic mass is 10.1. The third-order valence-corrected chi connectivity index (χ3v) is 5.45. The molecule has 1 unspecified atom stereocenters. The first kappa shape index (κ1) is 19.8. The fourth-order valence-corrected chi connectivity index (χ4v) is 3.20. The van der Waals surface area contributed by atoms with Gasteiger partial charge in [0.15, 0.2) is 21.3 Å². The molecule has 26 heavy (non-hydrogen) atoms. The summed E-state index contributed by atoms with van der Waals surface area (Å²) in [4.78, 5) is 14.6. The highest BCUT2D eigenvalue weighted by Gasteiger charge is 2.21. The Bertz CT molecular complexity index is 891. The van der Waals surface area contributed by atoms with Crippen LogP contribution in [0.25, 0.3) is 0 Å². The van der Waals surface area contributed by atoms with Gasteiger partial charge in [-0.2, -0.15) is 0 Å². The molecular weight excluding hydrogens is 354 g/mol. The minimum Gasteiger partial charge on any atom is -0.493 e. The molecule has 1 atom stereocenters. The molecule has 1 amide bonds. The molecule has 0 saturated heterocycles. The van der Waals surface area contributed by atoms with Crippen molar-refractivity contribution in [2.24, 2.45) is 0 Å². The van der Waals surface area contributed by atoms with Crippen molar-refractivity contribution in [3.63, 3.8) is 0 Å². The summed E-state index contributed by atoms with van der Waals surface area (Å²) in [6.45, 7) is 1.88. The van der Waals surface area contributed by atoms with E-state index in [-0.39, 0.29) is 16.8 Å². The summed E-state index contributed by atoms with van der Waals surface area (Å²) >= 11 is 0. The Kier molecular flexibility index (Phi) is 5.92. The Morgan fingerprint density at radius 3 is 2.08 bits per heavy atom. The van der Waals surface area contributed by atoms with Crippen LogP contribution in [0.15, 0.2) is 47.4 Å². The fraction of sp³-hybridized carbons (Fsp3) is 0.316. The molecule has 2 aromatic carbocycles. The summed E-state index contributed by atoms with van der Waals surface area (Å²) in [5.74, 6) is 0.860. The van der Waals surface area contributed by atoms with E-state index in [1.807, 2.05) is 6.92 Å². The van der Waals surface area contributed by atoms with Gasteiger partial charge in [-0.25, -0.2) is 8.42 Å². The maximum absolute atomic E-state index is 12.8. The molecule has 0 heterocycles. The number of carbonyl (C=O) groups is 1. The van der Waals surface area contributed by atoms with E-state index in [4.69, 9.17) is 9.47 Å². The monoisotopic (exact) mass is 377 g/mol. The van der Waals surface area contributed by atoms with E-state index in [2.05, 4.69) is 0 Å². The maximum Gasteiger partial charge on any atom is 0.254 e. The molecule has 0 bridgehead atoms.